The molecule has 2 rings (SSSR count). The monoisotopic (exact) mass is 325 g/mol. The number of hydrogen-bond acceptors (Lipinski definition) is 3. The maximum absolute atomic E-state index is 12.2. The summed E-state index contributed by atoms with van der Waals surface area (Å²) < 4.78 is 0.707. The Balaban J connectivity index is 2.26. The maximum Gasteiger partial charge on any atom is 0.277 e. The number of aryl methyl sites for hydroxylation is 2. The number of halogens is 1. The van der Waals surface area contributed by atoms with Gasteiger partial charge in [0.15, 0.2) is 5.69 Å². The van der Waals surface area contributed by atoms with Gasteiger partial charge >= 0.3 is 0 Å². The molecule has 3 N–H and O–H groups in total. The molecule has 0 aliphatic heterocycles. The molecule has 0 atom stereocenters. The summed E-state index contributed by atoms with van der Waals surface area (Å²) in [6.45, 7) is 7.75. The lowest BCUT2D eigenvalue weighted by molar-refractivity contribution is 0.102. The second-order valence-electron chi connectivity index (χ2n) is 4.72. The fourth-order valence-corrected chi connectivity index (χ4v) is 2.60. The first-order valence-electron chi connectivity index (χ1n) is 5.98. The van der Waals surface area contributed by atoms with Gasteiger partial charge in [-0.2, -0.15) is 10.2 Å². The highest BCUT2D eigenvalue weighted by Crippen LogP contribution is 2.26. The zero-order chi connectivity index (χ0) is 14.2. The van der Waals surface area contributed by atoms with E-state index in [9.17, 15) is 4.79 Å². The van der Waals surface area contributed by atoms with Crippen LogP contribution in [0.2, 0.25) is 0 Å². The fraction of sp³-hybridized carbons (Fsp3) is 0.417. The standard InChI is InChI=1S/C12H16BrN5O/c1-5(2)9-8(13)11(18-17-9)12(19)14-10-6(3)15-16-7(10)4/h5H,1-4H3,(H,14,19)(H,15,16)(H,17,18). The molecule has 2 aromatic rings. The lowest BCUT2D eigenvalue weighted by Gasteiger charge is -2.04. The van der Waals surface area contributed by atoms with Gasteiger partial charge in [0.25, 0.3) is 5.91 Å². The Morgan fingerprint density at radius 1 is 1.26 bits per heavy atom. The maximum atomic E-state index is 12.2. The number of carbonyl (C=O) groups excluding carboxylic acids is 1. The first kappa shape index (κ1) is 13.8. The van der Waals surface area contributed by atoms with Crippen LogP contribution in [0.3, 0.4) is 0 Å². The van der Waals surface area contributed by atoms with Crippen molar-refractivity contribution in [3.8, 4) is 0 Å². The van der Waals surface area contributed by atoms with Crippen molar-refractivity contribution >= 4 is 27.5 Å². The number of rotatable bonds is 3. The van der Waals surface area contributed by atoms with Crippen LogP contribution in [-0.2, 0) is 0 Å². The smallest absolute Gasteiger partial charge is 0.277 e. The summed E-state index contributed by atoms with van der Waals surface area (Å²) >= 11 is 3.42. The Morgan fingerprint density at radius 3 is 2.42 bits per heavy atom. The zero-order valence-electron chi connectivity index (χ0n) is 11.3. The topological polar surface area (TPSA) is 86.5 Å². The van der Waals surface area contributed by atoms with Gasteiger partial charge in [-0.3, -0.25) is 15.0 Å². The predicted molar refractivity (Wildman–Crippen MR) is 76.4 cm³/mol. The first-order valence-corrected chi connectivity index (χ1v) is 6.77. The first-order chi connectivity index (χ1) is 8.91. The van der Waals surface area contributed by atoms with E-state index < -0.39 is 0 Å². The van der Waals surface area contributed by atoms with E-state index in [0.717, 1.165) is 17.1 Å². The molecule has 0 aliphatic carbocycles. The van der Waals surface area contributed by atoms with Crippen molar-refractivity contribution < 1.29 is 4.79 Å². The largest absolute Gasteiger partial charge is 0.317 e. The number of aromatic nitrogens is 4. The Bertz CT molecular complexity index is 594. The van der Waals surface area contributed by atoms with Gasteiger partial charge in [-0.05, 0) is 35.7 Å². The van der Waals surface area contributed by atoms with Crippen LogP contribution >= 0.6 is 15.9 Å². The van der Waals surface area contributed by atoms with Gasteiger partial charge in [-0.25, -0.2) is 0 Å². The van der Waals surface area contributed by atoms with E-state index in [0.29, 0.717) is 15.9 Å². The van der Waals surface area contributed by atoms with Gasteiger partial charge in [0.2, 0.25) is 0 Å². The number of hydrogen-bond donors (Lipinski definition) is 3. The number of amides is 1. The van der Waals surface area contributed by atoms with Crippen molar-refractivity contribution in [2.24, 2.45) is 0 Å². The van der Waals surface area contributed by atoms with Crippen LogP contribution in [0.1, 0.15) is 47.3 Å². The van der Waals surface area contributed by atoms with Crippen LogP contribution < -0.4 is 5.32 Å². The van der Waals surface area contributed by atoms with Crippen LogP contribution in [0.15, 0.2) is 4.47 Å². The molecule has 0 aliphatic rings. The summed E-state index contributed by atoms with van der Waals surface area (Å²) in [5.41, 5.74) is 3.53. The average molecular weight is 326 g/mol. The third-order valence-electron chi connectivity index (χ3n) is 2.89. The molecule has 0 bridgehead atoms. The molecule has 0 saturated heterocycles. The van der Waals surface area contributed by atoms with Crippen LogP contribution in [-0.4, -0.2) is 26.3 Å². The number of H-pyrrole nitrogens is 2. The normalized spacial score (nSPS) is 11.1. The molecule has 102 valence electrons. The number of aromatic amines is 2. The van der Waals surface area contributed by atoms with Crippen LogP contribution in [0.5, 0.6) is 0 Å². The summed E-state index contributed by atoms with van der Waals surface area (Å²) in [4.78, 5) is 12.2. The Morgan fingerprint density at radius 2 is 1.95 bits per heavy atom. The van der Waals surface area contributed by atoms with E-state index in [1.807, 2.05) is 27.7 Å². The SMILES string of the molecule is Cc1n[nH]c(C)c1NC(=O)c1n[nH]c(C(C)C)c1Br. The lowest BCUT2D eigenvalue weighted by Crippen LogP contribution is -2.14. The van der Waals surface area contributed by atoms with Crippen molar-refractivity contribution in [2.75, 3.05) is 5.32 Å². The van der Waals surface area contributed by atoms with Crippen molar-refractivity contribution in [3.63, 3.8) is 0 Å². The molecule has 2 aromatic heterocycles. The van der Waals surface area contributed by atoms with Crippen LogP contribution in [0.4, 0.5) is 5.69 Å². The van der Waals surface area contributed by atoms with E-state index in [1.165, 1.54) is 0 Å². The molecule has 7 heteroatoms. The molecule has 19 heavy (non-hydrogen) atoms. The van der Waals surface area contributed by atoms with E-state index in [1.54, 1.807) is 0 Å². The van der Waals surface area contributed by atoms with Gasteiger partial charge in [0.1, 0.15) is 0 Å². The zero-order valence-corrected chi connectivity index (χ0v) is 12.8. The predicted octanol–water partition coefficient (Wildman–Crippen LogP) is 2.89. The quantitative estimate of drug-likeness (QED) is 0.810. The summed E-state index contributed by atoms with van der Waals surface area (Å²) in [6, 6.07) is 0. The minimum absolute atomic E-state index is 0.261. The van der Waals surface area contributed by atoms with Crippen LogP contribution in [0.25, 0.3) is 0 Å². The summed E-state index contributed by atoms with van der Waals surface area (Å²) in [7, 11) is 0. The molecule has 0 spiro atoms. The third kappa shape index (κ3) is 2.56. The summed E-state index contributed by atoms with van der Waals surface area (Å²) in [5.74, 6) is 0.00319. The summed E-state index contributed by atoms with van der Waals surface area (Å²) in [5, 5.41) is 16.6. The third-order valence-corrected chi connectivity index (χ3v) is 3.69. The molecule has 0 aromatic carbocycles. The van der Waals surface area contributed by atoms with Gasteiger partial charge in [0.05, 0.1) is 27.2 Å². The molecular weight excluding hydrogens is 310 g/mol. The molecule has 0 saturated carbocycles. The molecule has 6 nitrogen and oxygen atoms in total. The van der Waals surface area contributed by atoms with Gasteiger partial charge in [-0.15, -0.1) is 0 Å². The van der Waals surface area contributed by atoms with Crippen molar-refractivity contribution in [1.82, 2.24) is 20.4 Å². The number of nitrogens with one attached hydrogen (secondary N) is 3. The highest BCUT2D eigenvalue weighted by atomic mass is 79.9. The molecule has 1 amide bonds. The molecule has 0 fully saturated rings. The fourth-order valence-electron chi connectivity index (χ4n) is 1.78. The molecule has 0 unspecified atom stereocenters. The van der Waals surface area contributed by atoms with Crippen molar-refractivity contribution in [1.29, 1.82) is 0 Å². The highest BCUT2D eigenvalue weighted by Gasteiger charge is 2.20. The Kier molecular flexibility index (Phi) is 3.75. The van der Waals surface area contributed by atoms with Crippen molar-refractivity contribution in [3.05, 3.63) is 27.2 Å². The van der Waals surface area contributed by atoms with E-state index >= 15 is 0 Å². The van der Waals surface area contributed by atoms with Gasteiger partial charge in [0, 0.05) is 0 Å². The minimum atomic E-state index is -0.261. The lowest BCUT2D eigenvalue weighted by atomic mass is 10.1. The second-order valence-corrected chi connectivity index (χ2v) is 5.51. The Hall–Kier alpha value is -1.63. The molecule has 0 radical (unpaired) electrons. The van der Waals surface area contributed by atoms with Crippen molar-refractivity contribution in [2.45, 2.75) is 33.6 Å². The summed E-state index contributed by atoms with van der Waals surface area (Å²) in [6.07, 6.45) is 0. The van der Waals surface area contributed by atoms with Gasteiger partial charge < -0.3 is 5.32 Å². The highest BCUT2D eigenvalue weighted by molar-refractivity contribution is 9.10. The van der Waals surface area contributed by atoms with Crippen LogP contribution in [0, 0.1) is 13.8 Å². The van der Waals surface area contributed by atoms with Gasteiger partial charge in [-0.1, -0.05) is 13.8 Å². The number of nitrogens with zero attached hydrogens (tertiary/aromatic N) is 2. The Labute approximate surface area is 119 Å². The molecule has 2 heterocycles. The second kappa shape index (κ2) is 5.16. The van der Waals surface area contributed by atoms with E-state index in [2.05, 4.69) is 41.6 Å². The number of carbonyl (C=O) groups is 1. The van der Waals surface area contributed by atoms with E-state index in [-0.39, 0.29) is 11.8 Å². The minimum Gasteiger partial charge on any atom is -0.317 e. The number of anilines is 1. The average Bonchev–Trinajstić information content (AvgIpc) is 2.86. The molecular formula is C12H16BrN5O. The van der Waals surface area contributed by atoms with E-state index in [4.69, 9.17) is 0 Å².